The summed E-state index contributed by atoms with van der Waals surface area (Å²) in [4.78, 5) is 41.7. The molecule has 6 aromatic rings. The number of carbonyl (C=O) groups is 3. The van der Waals surface area contributed by atoms with E-state index in [0.717, 1.165) is 45.4 Å². The highest BCUT2D eigenvalue weighted by molar-refractivity contribution is 5.98. The van der Waals surface area contributed by atoms with E-state index in [2.05, 4.69) is 67.0 Å². The maximum Gasteiger partial charge on any atom is 0.407 e. The second-order valence-corrected chi connectivity index (χ2v) is 15.4. The summed E-state index contributed by atoms with van der Waals surface area (Å²) in [5.41, 5.74) is 11.5. The van der Waals surface area contributed by atoms with Gasteiger partial charge in [0.05, 0.1) is 17.2 Å². The summed E-state index contributed by atoms with van der Waals surface area (Å²) in [6.07, 6.45) is 9.34. The van der Waals surface area contributed by atoms with Gasteiger partial charge in [-0.05, 0) is 111 Å². The number of benzene rings is 5. The third-order valence-electron chi connectivity index (χ3n) is 11.5. The number of hydrogen-bond donors (Lipinski definition) is 2. The lowest BCUT2D eigenvalue weighted by molar-refractivity contribution is 0.0738. The molecule has 0 spiro atoms. The predicted molar refractivity (Wildman–Crippen MR) is 250 cm³/mol. The van der Waals surface area contributed by atoms with Gasteiger partial charge >= 0.3 is 6.09 Å². The van der Waals surface area contributed by atoms with Crippen LogP contribution in [0.3, 0.4) is 0 Å². The van der Waals surface area contributed by atoms with E-state index < -0.39 is 6.09 Å². The van der Waals surface area contributed by atoms with Gasteiger partial charge in [-0.1, -0.05) is 116 Å². The molecule has 1 aliphatic rings. The summed E-state index contributed by atoms with van der Waals surface area (Å²) >= 11 is 0. The van der Waals surface area contributed by atoms with Crippen molar-refractivity contribution in [3.8, 4) is 28.1 Å². The van der Waals surface area contributed by atoms with Crippen molar-refractivity contribution in [3.63, 3.8) is 0 Å². The lowest BCUT2D eigenvalue weighted by Gasteiger charge is -2.33. The molecule has 9 heteroatoms. The minimum atomic E-state index is -0.475. The first-order valence-electron chi connectivity index (χ1n) is 21.6. The number of alkyl carbamates (subject to hydrolysis) is 1. The molecule has 1 heterocycles. The van der Waals surface area contributed by atoms with Crippen LogP contribution >= 0.6 is 0 Å². The molecule has 62 heavy (non-hydrogen) atoms. The number of aromatic nitrogens is 2. The van der Waals surface area contributed by atoms with Gasteiger partial charge in [-0.25, -0.2) is 9.48 Å². The number of likely N-dealkylation sites (N-methyl/N-ethyl adjacent to an activating group) is 1. The number of amides is 3. The standard InChI is InChI=1S/C53H55N5O4/c1-6-17-36(5)50(37(8-3)18-7-2)57(9-4)52(60)40-29-31-41(32-30-40)58-48-24-15-14-23-46(48)49(56-58)38-25-27-39(28-26-38)51(59)54-33-16-34-55-53(61)62-35-47-44-21-12-10-19-42(44)43-20-11-13-22-45(43)47/h7-8,10-15,17-32,47,50H,6,9,16,33-35H2,1-5H3,(H,54,59)(H,55,61)/b18-7-,36-17+,37-8+. The highest BCUT2D eigenvalue weighted by atomic mass is 16.5. The van der Waals surface area contributed by atoms with Crippen molar-refractivity contribution in [2.75, 3.05) is 26.2 Å². The number of ether oxygens (including phenoxy) is 1. The number of fused-ring (bicyclic) bond motifs is 4. The first kappa shape index (κ1) is 43.1. The number of hydrogen-bond acceptors (Lipinski definition) is 5. The largest absolute Gasteiger partial charge is 0.449 e. The smallest absolute Gasteiger partial charge is 0.407 e. The molecule has 0 aliphatic heterocycles. The summed E-state index contributed by atoms with van der Waals surface area (Å²) in [7, 11) is 0. The minimum absolute atomic E-state index is 0.00156. The Morgan fingerprint density at radius 2 is 1.42 bits per heavy atom. The Morgan fingerprint density at radius 1 is 0.790 bits per heavy atom. The SMILES string of the molecule is C/C=C\C(=C/C)C(/C(C)=C/CC)N(CC)C(=O)c1ccc(-n2nc(-c3ccc(C(=O)NCCCNC(=O)OCC4c5ccccc5-c5ccccc54)cc3)c3ccccc32)cc1. The quantitative estimate of drug-likeness (QED) is 0.0574. The maximum absolute atomic E-state index is 14.1. The van der Waals surface area contributed by atoms with Crippen LogP contribution in [0.4, 0.5) is 4.79 Å². The monoisotopic (exact) mass is 825 g/mol. The molecule has 316 valence electrons. The Bertz CT molecular complexity index is 2590. The van der Waals surface area contributed by atoms with Gasteiger partial charge < -0.3 is 20.3 Å². The zero-order valence-corrected chi connectivity index (χ0v) is 36.2. The molecule has 0 radical (unpaired) electrons. The third kappa shape index (κ3) is 9.17. The van der Waals surface area contributed by atoms with Gasteiger partial charge in [0, 0.05) is 47.6 Å². The summed E-state index contributed by atoms with van der Waals surface area (Å²) < 4.78 is 7.53. The van der Waals surface area contributed by atoms with Crippen molar-refractivity contribution in [2.45, 2.75) is 59.4 Å². The number of carbonyl (C=O) groups excluding carboxylic acids is 3. The molecular weight excluding hydrogens is 771 g/mol. The molecule has 0 bridgehead atoms. The first-order chi connectivity index (χ1) is 30.3. The number of allylic oxidation sites excluding steroid dienone is 3. The van der Waals surface area contributed by atoms with Crippen LogP contribution in [0.2, 0.25) is 0 Å². The van der Waals surface area contributed by atoms with Gasteiger partial charge in [-0.3, -0.25) is 9.59 Å². The molecule has 5 aromatic carbocycles. The van der Waals surface area contributed by atoms with E-state index in [0.29, 0.717) is 37.2 Å². The van der Waals surface area contributed by atoms with Gasteiger partial charge in [0.25, 0.3) is 11.8 Å². The van der Waals surface area contributed by atoms with Crippen LogP contribution in [0, 0.1) is 0 Å². The van der Waals surface area contributed by atoms with E-state index in [4.69, 9.17) is 9.84 Å². The molecule has 1 unspecified atom stereocenters. The molecule has 1 aromatic heterocycles. The fourth-order valence-corrected chi connectivity index (χ4v) is 8.50. The second-order valence-electron chi connectivity index (χ2n) is 15.4. The predicted octanol–water partition coefficient (Wildman–Crippen LogP) is 11.1. The molecule has 3 amide bonds. The van der Waals surface area contributed by atoms with Crippen LogP contribution in [0.15, 0.2) is 157 Å². The second kappa shape index (κ2) is 20.0. The van der Waals surface area contributed by atoms with E-state index in [1.807, 2.05) is 121 Å². The average molecular weight is 826 g/mol. The topological polar surface area (TPSA) is 106 Å². The van der Waals surface area contributed by atoms with E-state index >= 15 is 0 Å². The van der Waals surface area contributed by atoms with Crippen molar-refractivity contribution in [1.29, 1.82) is 0 Å². The Kier molecular flexibility index (Phi) is 13.9. The van der Waals surface area contributed by atoms with Crippen molar-refractivity contribution < 1.29 is 19.1 Å². The van der Waals surface area contributed by atoms with Gasteiger partial charge in [-0.2, -0.15) is 5.10 Å². The Hall–Kier alpha value is -7.00. The normalized spacial score (nSPS) is 13.2. The zero-order valence-electron chi connectivity index (χ0n) is 36.2. The Labute approximate surface area is 364 Å². The lowest BCUT2D eigenvalue weighted by Crippen LogP contribution is -2.42. The van der Waals surface area contributed by atoms with Crippen LogP contribution in [0.25, 0.3) is 39.0 Å². The van der Waals surface area contributed by atoms with Crippen LogP contribution < -0.4 is 10.6 Å². The summed E-state index contributed by atoms with van der Waals surface area (Å²) in [6, 6.07) is 39.4. The molecule has 0 saturated carbocycles. The van der Waals surface area contributed by atoms with E-state index in [9.17, 15) is 14.4 Å². The van der Waals surface area contributed by atoms with Crippen LogP contribution in [-0.4, -0.2) is 64.9 Å². The van der Waals surface area contributed by atoms with E-state index in [1.54, 1.807) is 12.1 Å². The zero-order chi connectivity index (χ0) is 43.6. The minimum Gasteiger partial charge on any atom is -0.449 e. The van der Waals surface area contributed by atoms with Gasteiger partial charge in [0.2, 0.25) is 0 Å². The third-order valence-corrected chi connectivity index (χ3v) is 11.5. The van der Waals surface area contributed by atoms with Crippen molar-refractivity contribution in [3.05, 3.63) is 179 Å². The Morgan fingerprint density at radius 3 is 2.06 bits per heavy atom. The highest BCUT2D eigenvalue weighted by Crippen LogP contribution is 2.44. The molecule has 0 saturated heterocycles. The highest BCUT2D eigenvalue weighted by Gasteiger charge is 2.29. The summed E-state index contributed by atoms with van der Waals surface area (Å²) in [5, 5.41) is 11.8. The van der Waals surface area contributed by atoms with Crippen LogP contribution in [0.5, 0.6) is 0 Å². The van der Waals surface area contributed by atoms with Crippen molar-refractivity contribution in [2.24, 2.45) is 0 Å². The van der Waals surface area contributed by atoms with Crippen molar-refractivity contribution >= 4 is 28.8 Å². The number of para-hydroxylation sites is 1. The lowest BCUT2D eigenvalue weighted by atomic mass is 9.95. The number of rotatable bonds is 16. The molecule has 0 fully saturated rings. The van der Waals surface area contributed by atoms with E-state index in [1.165, 1.54) is 22.3 Å². The Balaban J connectivity index is 0.952. The number of nitrogens with zero attached hydrogens (tertiary/aromatic N) is 3. The summed E-state index contributed by atoms with van der Waals surface area (Å²) in [6.45, 7) is 11.8. The van der Waals surface area contributed by atoms with Crippen molar-refractivity contribution in [1.82, 2.24) is 25.3 Å². The summed E-state index contributed by atoms with van der Waals surface area (Å²) in [5.74, 6) is -0.230. The van der Waals surface area contributed by atoms with E-state index in [-0.39, 0.29) is 30.4 Å². The fraction of sp³-hybridized carbons (Fsp3) is 0.245. The van der Waals surface area contributed by atoms with Crippen LogP contribution in [0.1, 0.15) is 85.2 Å². The van der Waals surface area contributed by atoms with Gasteiger partial charge in [0.1, 0.15) is 12.3 Å². The molecular formula is C53H55N5O4. The molecule has 1 aliphatic carbocycles. The first-order valence-corrected chi connectivity index (χ1v) is 21.6. The molecule has 9 nitrogen and oxygen atoms in total. The van der Waals surface area contributed by atoms with Gasteiger partial charge in [-0.15, -0.1) is 0 Å². The average Bonchev–Trinajstić information content (AvgIpc) is 3.85. The van der Waals surface area contributed by atoms with Crippen LogP contribution in [-0.2, 0) is 4.74 Å². The molecule has 2 N–H and O–H groups in total. The molecule has 7 rings (SSSR count). The number of nitrogens with one attached hydrogen (secondary N) is 2. The molecule has 1 atom stereocenters. The maximum atomic E-state index is 14.1. The fourth-order valence-electron chi connectivity index (χ4n) is 8.50. The van der Waals surface area contributed by atoms with Gasteiger partial charge in [0.15, 0.2) is 0 Å².